The van der Waals surface area contributed by atoms with Gasteiger partial charge in [-0.1, -0.05) is 17.9 Å². The van der Waals surface area contributed by atoms with Gasteiger partial charge >= 0.3 is 6.18 Å². The van der Waals surface area contributed by atoms with Crippen LogP contribution in [0.1, 0.15) is 31.8 Å². The second-order valence-electron chi connectivity index (χ2n) is 5.00. The van der Waals surface area contributed by atoms with Gasteiger partial charge in [0.1, 0.15) is 0 Å². The molecule has 0 radical (unpaired) electrons. The summed E-state index contributed by atoms with van der Waals surface area (Å²) < 4.78 is 37.9. The topological polar surface area (TPSA) is 72.2 Å². The molecule has 2 rings (SSSR count). The maximum Gasteiger partial charge on any atom is 0.416 e. The Hall–Kier alpha value is -3.27. The first-order valence-corrected chi connectivity index (χ1v) is 7.11. The summed E-state index contributed by atoms with van der Waals surface area (Å²) in [6.45, 7) is -0.0351. The smallest absolute Gasteiger partial charge is 0.366 e. The summed E-state index contributed by atoms with van der Waals surface area (Å²) in [6, 6.07) is 10.4. The Morgan fingerprint density at radius 2 is 1.72 bits per heavy atom. The van der Waals surface area contributed by atoms with E-state index in [-0.39, 0.29) is 12.1 Å². The summed E-state index contributed by atoms with van der Waals surface area (Å²) in [5.41, 5.74) is 5.10. The van der Waals surface area contributed by atoms with E-state index in [0.29, 0.717) is 11.1 Å². The molecule has 0 heterocycles. The number of amides is 2. The Morgan fingerprint density at radius 3 is 2.32 bits per heavy atom. The molecule has 0 fully saturated rings. The van der Waals surface area contributed by atoms with E-state index in [1.807, 2.05) is 0 Å². The minimum Gasteiger partial charge on any atom is -0.366 e. The molecule has 0 aliphatic rings. The van der Waals surface area contributed by atoms with Gasteiger partial charge in [0.2, 0.25) is 5.91 Å². The van der Waals surface area contributed by atoms with Crippen LogP contribution < -0.4 is 11.1 Å². The average molecular weight is 346 g/mol. The van der Waals surface area contributed by atoms with E-state index in [4.69, 9.17) is 5.73 Å². The molecule has 0 aliphatic heterocycles. The summed E-state index contributed by atoms with van der Waals surface area (Å²) in [5.74, 6) is 4.24. The summed E-state index contributed by atoms with van der Waals surface area (Å²) in [6.07, 6.45) is -4.51. The lowest BCUT2D eigenvalue weighted by molar-refractivity contribution is -0.137. The largest absolute Gasteiger partial charge is 0.416 e. The fraction of sp³-hybridized carbons (Fsp3) is 0.111. The van der Waals surface area contributed by atoms with Gasteiger partial charge in [0.15, 0.2) is 0 Å². The number of nitrogens with two attached hydrogens (primary N) is 1. The monoisotopic (exact) mass is 346 g/mol. The Labute approximate surface area is 141 Å². The fourth-order valence-electron chi connectivity index (χ4n) is 1.93. The van der Waals surface area contributed by atoms with Crippen LogP contribution in [0.2, 0.25) is 0 Å². The number of carbonyl (C=O) groups excluding carboxylic acids is 2. The van der Waals surface area contributed by atoms with E-state index in [1.165, 1.54) is 24.3 Å². The van der Waals surface area contributed by atoms with Gasteiger partial charge in [0.05, 0.1) is 12.1 Å². The number of primary amides is 1. The normalized spacial score (nSPS) is 10.5. The lowest BCUT2D eigenvalue weighted by Gasteiger charge is -2.08. The second kappa shape index (κ2) is 7.53. The average Bonchev–Trinajstić information content (AvgIpc) is 2.58. The van der Waals surface area contributed by atoms with Crippen molar-refractivity contribution < 1.29 is 22.8 Å². The molecule has 0 saturated carbocycles. The van der Waals surface area contributed by atoms with Gasteiger partial charge in [0.25, 0.3) is 5.91 Å². The zero-order valence-electron chi connectivity index (χ0n) is 12.9. The van der Waals surface area contributed by atoms with Crippen LogP contribution >= 0.6 is 0 Å². The van der Waals surface area contributed by atoms with Crippen molar-refractivity contribution >= 4 is 11.8 Å². The maximum atomic E-state index is 12.6. The third-order valence-corrected chi connectivity index (χ3v) is 3.19. The molecule has 2 amide bonds. The van der Waals surface area contributed by atoms with Crippen LogP contribution in [0.4, 0.5) is 13.2 Å². The van der Waals surface area contributed by atoms with Crippen molar-refractivity contribution in [2.75, 3.05) is 6.54 Å². The van der Waals surface area contributed by atoms with E-state index in [2.05, 4.69) is 17.2 Å². The molecule has 3 N–H and O–H groups in total. The molecule has 4 nitrogen and oxygen atoms in total. The van der Waals surface area contributed by atoms with E-state index >= 15 is 0 Å². The molecule has 128 valence electrons. The number of benzene rings is 2. The number of rotatable bonds is 3. The molecule has 0 aromatic heterocycles. The van der Waals surface area contributed by atoms with Gasteiger partial charge in [-0.05, 0) is 42.5 Å². The van der Waals surface area contributed by atoms with Gasteiger partial charge in [-0.3, -0.25) is 9.59 Å². The molecule has 0 aliphatic carbocycles. The van der Waals surface area contributed by atoms with Gasteiger partial charge in [-0.15, -0.1) is 0 Å². The number of hydrogen-bond acceptors (Lipinski definition) is 2. The molecule has 7 heteroatoms. The first-order valence-electron chi connectivity index (χ1n) is 7.11. The maximum absolute atomic E-state index is 12.6. The summed E-state index contributed by atoms with van der Waals surface area (Å²) in [4.78, 5) is 22.8. The van der Waals surface area contributed by atoms with Crippen LogP contribution in [0.15, 0.2) is 48.5 Å². The van der Waals surface area contributed by atoms with E-state index in [9.17, 15) is 22.8 Å². The molecule has 0 bridgehead atoms. The molecule has 2 aromatic carbocycles. The van der Waals surface area contributed by atoms with Crippen molar-refractivity contribution in [3.05, 3.63) is 70.8 Å². The van der Waals surface area contributed by atoms with Crippen LogP contribution in [0.5, 0.6) is 0 Å². The van der Waals surface area contributed by atoms with Gasteiger partial charge < -0.3 is 11.1 Å². The number of carbonyl (C=O) groups is 2. The lowest BCUT2D eigenvalue weighted by Crippen LogP contribution is -2.24. The van der Waals surface area contributed by atoms with Crippen molar-refractivity contribution in [1.29, 1.82) is 0 Å². The van der Waals surface area contributed by atoms with Crippen LogP contribution in [0.25, 0.3) is 0 Å². The number of nitrogens with one attached hydrogen (secondary N) is 1. The Kier molecular flexibility index (Phi) is 5.45. The minimum absolute atomic E-state index is 0.0351. The molecule has 2 aromatic rings. The standard InChI is InChI=1S/C18H13F3N2O2/c19-18(20,21)15-5-1-4-14(11-15)17(25)23-10-2-3-12-6-8-13(9-7-12)16(22)24/h1,4-9,11H,10H2,(H2,22,24)(H,23,25). The molecule has 0 unspecified atom stereocenters. The van der Waals surface area contributed by atoms with Crippen molar-refractivity contribution in [2.24, 2.45) is 5.73 Å². The highest BCUT2D eigenvalue weighted by molar-refractivity contribution is 5.94. The summed E-state index contributed by atoms with van der Waals surface area (Å²) in [5, 5.41) is 2.42. The number of halogens is 3. The van der Waals surface area contributed by atoms with E-state index in [0.717, 1.165) is 12.1 Å². The van der Waals surface area contributed by atoms with E-state index in [1.54, 1.807) is 12.1 Å². The Balaban J connectivity index is 1.96. The zero-order valence-corrected chi connectivity index (χ0v) is 12.9. The van der Waals surface area contributed by atoms with Crippen LogP contribution in [0.3, 0.4) is 0 Å². The second-order valence-corrected chi connectivity index (χ2v) is 5.00. The van der Waals surface area contributed by atoms with Crippen LogP contribution in [-0.2, 0) is 6.18 Å². The Morgan fingerprint density at radius 1 is 1.04 bits per heavy atom. The SMILES string of the molecule is NC(=O)c1ccc(C#CCNC(=O)c2cccc(C(F)(F)F)c2)cc1. The van der Waals surface area contributed by atoms with Crippen LogP contribution in [0, 0.1) is 11.8 Å². The highest BCUT2D eigenvalue weighted by Gasteiger charge is 2.30. The van der Waals surface area contributed by atoms with Crippen molar-refractivity contribution in [2.45, 2.75) is 6.18 Å². The highest BCUT2D eigenvalue weighted by atomic mass is 19.4. The predicted molar refractivity (Wildman–Crippen MR) is 85.6 cm³/mol. The van der Waals surface area contributed by atoms with Crippen molar-refractivity contribution in [3.8, 4) is 11.8 Å². The summed E-state index contributed by atoms with van der Waals surface area (Å²) in [7, 11) is 0. The molecule has 0 atom stereocenters. The predicted octanol–water partition coefficient (Wildman–Crippen LogP) is 2.59. The van der Waals surface area contributed by atoms with Crippen LogP contribution in [-0.4, -0.2) is 18.4 Å². The van der Waals surface area contributed by atoms with E-state index < -0.39 is 23.6 Å². The molecule has 0 spiro atoms. The Bertz CT molecular complexity index is 847. The minimum atomic E-state index is -4.51. The zero-order chi connectivity index (χ0) is 18.4. The fourth-order valence-corrected chi connectivity index (χ4v) is 1.93. The van der Waals surface area contributed by atoms with Gasteiger partial charge in [-0.25, -0.2) is 0 Å². The number of alkyl halides is 3. The van der Waals surface area contributed by atoms with Crippen molar-refractivity contribution in [1.82, 2.24) is 5.32 Å². The van der Waals surface area contributed by atoms with Crippen molar-refractivity contribution in [3.63, 3.8) is 0 Å². The molecular formula is C18H13F3N2O2. The molecule has 0 saturated heterocycles. The molecule has 25 heavy (non-hydrogen) atoms. The number of hydrogen-bond donors (Lipinski definition) is 2. The van der Waals surface area contributed by atoms with Gasteiger partial charge in [0, 0.05) is 16.7 Å². The lowest BCUT2D eigenvalue weighted by atomic mass is 10.1. The third kappa shape index (κ3) is 5.11. The summed E-state index contributed by atoms with van der Waals surface area (Å²) >= 11 is 0. The van der Waals surface area contributed by atoms with Gasteiger partial charge in [-0.2, -0.15) is 13.2 Å². The quantitative estimate of drug-likeness (QED) is 0.839. The first kappa shape index (κ1) is 18.1. The highest BCUT2D eigenvalue weighted by Crippen LogP contribution is 2.29. The third-order valence-electron chi connectivity index (χ3n) is 3.19. The molecular weight excluding hydrogens is 333 g/mol. The first-order chi connectivity index (χ1) is 11.8.